The van der Waals surface area contributed by atoms with Crippen LogP contribution in [0.2, 0.25) is 0 Å². The van der Waals surface area contributed by atoms with Gasteiger partial charge in [0.05, 0.1) is 5.69 Å². The van der Waals surface area contributed by atoms with Gasteiger partial charge in [-0.25, -0.2) is 4.68 Å². The second kappa shape index (κ2) is 6.77. The first-order chi connectivity index (χ1) is 10.8. The molecule has 0 atom stereocenters. The molecule has 1 aromatic carbocycles. The third kappa shape index (κ3) is 3.50. The minimum atomic E-state index is -0.161. The van der Waals surface area contributed by atoms with Crippen molar-refractivity contribution < 1.29 is 9.59 Å². The molecule has 2 aromatic rings. The highest BCUT2D eigenvalue weighted by molar-refractivity contribution is 5.97. The number of carbonyl (C=O) groups excluding carboxylic acids is 2. The molecule has 0 spiro atoms. The lowest BCUT2D eigenvalue weighted by atomic mass is 10.0. The van der Waals surface area contributed by atoms with Crippen molar-refractivity contribution in [2.45, 2.75) is 47.0 Å². The minimum absolute atomic E-state index is 0.0517. The molecule has 1 heterocycles. The Morgan fingerprint density at radius 3 is 2.26 bits per heavy atom. The quantitative estimate of drug-likeness (QED) is 0.937. The van der Waals surface area contributed by atoms with Gasteiger partial charge in [0, 0.05) is 23.4 Å². The van der Waals surface area contributed by atoms with Crippen LogP contribution in [0.4, 0.5) is 5.69 Å². The fourth-order valence-corrected chi connectivity index (χ4v) is 2.76. The van der Waals surface area contributed by atoms with E-state index in [9.17, 15) is 9.59 Å². The van der Waals surface area contributed by atoms with Gasteiger partial charge in [0.25, 0.3) is 5.91 Å². The number of nitrogens with zero attached hydrogens (tertiary/aromatic N) is 2. The molecule has 0 bridgehead atoms. The normalized spacial score (nSPS) is 10.9. The first kappa shape index (κ1) is 16.9. The van der Waals surface area contributed by atoms with E-state index in [1.165, 1.54) is 4.68 Å². The SMILES string of the molecule is CCC(=O)Nc1ccc(C(=O)n2nc(C)c(C(C)C)c2C)cc1. The maximum atomic E-state index is 12.7. The average molecular weight is 313 g/mol. The van der Waals surface area contributed by atoms with E-state index in [1.54, 1.807) is 31.2 Å². The summed E-state index contributed by atoms with van der Waals surface area (Å²) >= 11 is 0. The fourth-order valence-electron chi connectivity index (χ4n) is 2.76. The van der Waals surface area contributed by atoms with E-state index in [1.807, 2.05) is 13.8 Å². The summed E-state index contributed by atoms with van der Waals surface area (Å²) in [5.74, 6) is 0.109. The molecule has 5 heteroatoms. The van der Waals surface area contributed by atoms with E-state index in [0.29, 0.717) is 23.6 Å². The molecule has 5 nitrogen and oxygen atoms in total. The molecule has 0 aliphatic heterocycles. The minimum Gasteiger partial charge on any atom is -0.326 e. The van der Waals surface area contributed by atoms with Crippen LogP contribution in [0, 0.1) is 13.8 Å². The first-order valence-electron chi connectivity index (χ1n) is 7.85. The number of benzene rings is 1. The Hall–Kier alpha value is -2.43. The van der Waals surface area contributed by atoms with Crippen molar-refractivity contribution in [3.63, 3.8) is 0 Å². The number of aromatic nitrogens is 2. The summed E-state index contributed by atoms with van der Waals surface area (Å²) in [5, 5.41) is 7.15. The van der Waals surface area contributed by atoms with Crippen molar-refractivity contribution >= 4 is 17.5 Å². The maximum Gasteiger partial charge on any atom is 0.278 e. The molecule has 0 saturated heterocycles. The summed E-state index contributed by atoms with van der Waals surface area (Å²) in [6, 6.07) is 6.88. The fraction of sp³-hybridized carbons (Fsp3) is 0.389. The molecule has 122 valence electrons. The lowest BCUT2D eigenvalue weighted by Gasteiger charge is -2.08. The highest BCUT2D eigenvalue weighted by atomic mass is 16.2. The second-order valence-corrected chi connectivity index (χ2v) is 5.94. The van der Waals surface area contributed by atoms with Gasteiger partial charge in [0.15, 0.2) is 0 Å². The Balaban J connectivity index is 2.28. The summed E-state index contributed by atoms with van der Waals surface area (Å²) in [4.78, 5) is 24.0. The van der Waals surface area contributed by atoms with Gasteiger partial charge >= 0.3 is 0 Å². The van der Waals surface area contributed by atoms with Crippen LogP contribution in [-0.2, 0) is 4.79 Å². The van der Waals surface area contributed by atoms with E-state index in [-0.39, 0.29) is 11.8 Å². The Bertz CT molecular complexity index is 727. The molecule has 0 radical (unpaired) electrons. The molecular weight excluding hydrogens is 290 g/mol. The molecule has 0 aliphatic carbocycles. The zero-order valence-corrected chi connectivity index (χ0v) is 14.3. The van der Waals surface area contributed by atoms with Crippen molar-refractivity contribution in [1.29, 1.82) is 0 Å². The molecule has 0 unspecified atom stereocenters. The Labute approximate surface area is 136 Å². The predicted octanol–water partition coefficient (Wildman–Crippen LogP) is 3.66. The summed E-state index contributed by atoms with van der Waals surface area (Å²) in [6.07, 6.45) is 0.421. The topological polar surface area (TPSA) is 64.0 Å². The predicted molar refractivity (Wildman–Crippen MR) is 90.9 cm³/mol. The monoisotopic (exact) mass is 313 g/mol. The number of anilines is 1. The Kier molecular flexibility index (Phi) is 4.98. The van der Waals surface area contributed by atoms with Gasteiger partial charge in [-0.1, -0.05) is 20.8 Å². The van der Waals surface area contributed by atoms with Crippen LogP contribution >= 0.6 is 0 Å². The van der Waals surface area contributed by atoms with Crippen LogP contribution < -0.4 is 5.32 Å². The smallest absolute Gasteiger partial charge is 0.278 e. The lowest BCUT2D eigenvalue weighted by Crippen LogP contribution is -2.16. The number of nitrogens with one attached hydrogen (secondary N) is 1. The van der Waals surface area contributed by atoms with Crippen molar-refractivity contribution in [3.05, 3.63) is 46.8 Å². The molecule has 2 rings (SSSR count). The molecule has 0 aliphatic rings. The van der Waals surface area contributed by atoms with Crippen LogP contribution in [-0.4, -0.2) is 21.6 Å². The molecular formula is C18H23N3O2. The Morgan fingerprint density at radius 2 is 1.78 bits per heavy atom. The summed E-state index contributed by atoms with van der Waals surface area (Å²) in [6.45, 7) is 9.83. The van der Waals surface area contributed by atoms with Crippen LogP contribution in [0.25, 0.3) is 0 Å². The van der Waals surface area contributed by atoms with Crippen LogP contribution in [0.3, 0.4) is 0 Å². The molecule has 1 amide bonds. The third-order valence-electron chi connectivity index (χ3n) is 3.85. The van der Waals surface area contributed by atoms with E-state index in [2.05, 4.69) is 24.3 Å². The Morgan fingerprint density at radius 1 is 1.17 bits per heavy atom. The number of hydrogen-bond donors (Lipinski definition) is 1. The van der Waals surface area contributed by atoms with Crippen molar-refractivity contribution in [1.82, 2.24) is 9.78 Å². The van der Waals surface area contributed by atoms with Crippen molar-refractivity contribution in [2.75, 3.05) is 5.32 Å². The number of rotatable bonds is 4. The van der Waals surface area contributed by atoms with E-state index in [4.69, 9.17) is 0 Å². The van der Waals surface area contributed by atoms with Crippen LogP contribution in [0.15, 0.2) is 24.3 Å². The van der Waals surface area contributed by atoms with Gasteiger partial charge in [-0.3, -0.25) is 9.59 Å². The second-order valence-electron chi connectivity index (χ2n) is 5.94. The number of hydrogen-bond acceptors (Lipinski definition) is 3. The number of carbonyl (C=O) groups is 2. The maximum absolute atomic E-state index is 12.7. The summed E-state index contributed by atoms with van der Waals surface area (Å²) < 4.78 is 1.46. The van der Waals surface area contributed by atoms with Gasteiger partial charge in [-0.05, 0) is 49.6 Å². The molecule has 1 N–H and O–H groups in total. The van der Waals surface area contributed by atoms with Gasteiger partial charge < -0.3 is 5.32 Å². The largest absolute Gasteiger partial charge is 0.326 e. The lowest BCUT2D eigenvalue weighted by molar-refractivity contribution is -0.115. The van der Waals surface area contributed by atoms with Crippen molar-refractivity contribution in [3.8, 4) is 0 Å². The molecule has 0 saturated carbocycles. The number of aryl methyl sites for hydroxylation is 1. The molecule has 23 heavy (non-hydrogen) atoms. The molecule has 0 fully saturated rings. The average Bonchev–Trinajstić information content (AvgIpc) is 2.82. The standard InChI is InChI=1S/C18H23N3O2/c1-6-16(22)19-15-9-7-14(8-10-15)18(23)21-13(5)17(11(2)3)12(4)20-21/h7-11H,6H2,1-5H3,(H,19,22). The summed E-state index contributed by atoms with van der Waals surface area (Å²) in [7, 11) is 0. The van der Waals surface area contributed by atoms with E-state index < -0.39 is 0 Å². The third-order valence-corrected chi connectivity index (χ3v) is 3.85. The van der Waals surface area contributed by atoms with Crippen molar-refractivity contribution in [2.24, 2.45) is 0 Å². The first-order valence-corrected chi connectivity index (χ1v) is 7.85. The van der Waals surface area contributed by atoms with Gasteiger partial charge in [-0.2, -0.15) is 5.10 Å². The van der Waals surface area contributed by atoms with Crippen LogP contribution in [0.5, 0.6) is 0 Å². The van der Waals surface area contributed by atoms with Gasteiger partial charge in [-0.15, -0.1) is 0 Å². The highest BCUT2D eigenvalue weighted by Crippen LogP contribution is 2.23. The summed E-state index contributed by atoms with van der Waals surface area (Å²) in [5.41, 5.74) is 4.11. The zero-order chi connectivity index (χ0) is 17.1. The van der Waals surface area contributed by atoms with Gasteiger partial charge in [0.1, 0.15) is 0 Å². The zero-order valence-electron chi connectivity index (χ0n) is 14.3. The number of amides is 1. The molecule has 1 aromatic heterocycles. The van der Waals surface area contributed by atoms with Gasteiger partial charge in [0.2, 0.25) is 5.91 Å². The van der Waals surface area contributed by atoms with E-state index in [0.717, 1.165) is 17.0 Å². The van der Waals surface area contributed by atoms with E-state index >= 15 is 0 Å². The highest BCUT2D eigenvalue weighted by Gasteiger charge is 2.19. The van der Waals surface area contributed by atoms with Crippen LogP contribution in [0.1, 0.15) is 60.4 Å².